The van der Waals surface area contributed by atoms with Gasteiger partial charge >= 0.3 is 18.1 Å². The van der Waals surface area contributed by atoms with Crippen LogP contribution < -0.4 is 48.1 Å². The minimum Gasteiger partial charge on any atom is -0.481 e. The first-order chi connectivity index (χ1) is 42.5. The summed E-state index contributed by atoms with van der Waals surface area (Å²) in [5, 5.41) is 25.0. The number of amides is 9. The fourth-order valence-corrected chi connectivity index (χ4v) is 8.43. The minimum atomic E-state index is -1.35. The summed E-state index contributed by atoms with van der Waals surface area (Å²) < 4.78 is 32.9. The summed E-state index contributed by atoms with van der Waals surface area (Å²) >= 11 is 0. The molecule has 6 rings (SSSR count). The zero-order valence-electron chi connectivity index (χ0n) is 48.8. The van der Waals surface area contributed by atoms with Crippen molar-refractivity contribution < 1.29 is 76.7 Å². The lowest BCUT2D eigenvalue weighted by Gasteiger charge is -2.27. The molecule has 3 aromatic heterocycles. The lowest BCUT2D eigenvalue weighted by atomic mass is 10.0. The fraction of sp³-hybridized carbons (Fsp3) is 0.431. The molecule has 0 unspecified atom stereocenters. The van der Waals surface area contributed by atoms with Crippen molar-refractivity contribution in [3.8, 4) is 28.5 Å². The standard InChI is InChI=1S/C58H74N14O16/c1-36(2)51(71-55(79)43(14-17-50(76)77)66-46(73)18-23-83-26-28-85-30-31-86-29-27-84-25-22-72-48(74)15-16-49(72)75)56(80)68-42(7-5-20-62-57(60)81)54(78)65-39-11-8-37(9-12-39)35-88-58(82)63-21-24-87-47-34-64-40-13-10-38(32-44(40)67-47)52-53(70-45(33-59)69-52)41-6-3-4-19-61-41/h3-4,6,8-13,15-16,19,32,34,36,42-43,51H,5,7,14,17-18,20-31,33,35,59H2,1-2H3,(H,63,82)(H,65,78)(H,66,73)(H,68,80)(H,69,70)(H,71,79)(H,76,77)(H3,60,62,81)/t42-,43-,51-/m0/s1. The molecule has 2 aromatic carbocycles. The van der Waals surface area contributed by atoms with Gasteiger partial charge in [0.2, 0.25) is 29.5 Å². The van der Waals surface area contributed by atoms with Crippen LogP contribution in [-0.4, -0.2) is 186 Å². The Bertz CT molecular complexity index is 3170. The second-order valence-electron chi connectivity index (χ2n) is 19.9. The Morgan fingerprint density at radius 1 is 0.705 bits per heavy atom. The second-order valence-corrected chi connectivity index (χ2v) is 19.9. The number of ether oxygens (including phenoxy) is 6. The number of benzene rings is 2. The van der Waals surface area contributed by atoms with Crippen molar-refractivity contribution in [3.05, 3.63) is 96.6 Å². The molecular weight excluding hydrogens is 1150 g/mol. The van der Waals surface area contributed by atoms with Gasteiger partial charge in [-0.05, 0) is 67.1 Å². The highest BCUT2D eigenvalue weighted by Crippen LogP contribution is 2.31. The predicted octanol–water partition coefficient (Wildman–Crippen LogP) is 1.59. The second kappa shape index (κ2) is 35.8. The van der Waals surface area contributed by atoms with E-state index in [9.17, 15) is 48.3 Å². The van der Waals surface area contributed by atoms with Gasteiger partial charge in [0, 0.05) is 49.0 Å². The minimum absolute atomic E-state index is 0.0166. The zero-order valence-corrected chi connectivity index (χ0v) is 48.8. The summed E-state index contributed by atoms with van der Waals surface area (Å²) in [6.45, 7) is 5.18. The van der Waals surface area contributed by atoms with E-state index in [0.29, 0.717) is 45.2 Å². The molecule has 0 bridgehead atoms. The van der Waals surface area contributed by atoms with Crippen molar-refractivity contribution >= 4 is 70.3 Å². The van der Waals surface area contributed by atoms with Crippen LogP contribution in [0, 0.1) is 5.92 Å². The smallest absolute Gasteiger partial charge is 0.407 e. The number of hydrogen-bond acceptors (Lipinski definition) is 20. The van der Waals surface area contributed by atoms with Gasteiger partial charge in [-0.3, -0.25) is 43.4 Å². The van der Waals surface area contributed by atoms with E-state index in [1.165, 1.54) is 18.3 Å². The van der Waals surface area contributed by atoms with Crippen LogP contribution in [0.15, 0.2) is 85.2 Å². The quantitative estimate of drug-likeness (QED) is 0.0197. The number of urea groups is 1. The highest BCUT2D eigenvalue weighted by Gasteiger charge is 2.32. The number of nitrogens with one attached hydrogen (secondary N) is 7. The third kappa shape index (κ3) is 22.7. The molecule has 30 nitrogen and oxygen atoms in total. The Morgan fingerprint density at radius 2 is 1.40 bits per heavy atom. The van der Waals surface area contributed by atoms with Gasteiger partial charge in [-0.2, -0.15) is 0 Å². The number of aliphatic carboxylic acids is 1. The first kappa shape index (κ1) is 67.6. The van der Waals surface area contributed by atoms with Crippen molar-refractivity contribution in [2.75, 3.05) is 84.4 Å². The number of carbonyl (C=O) groups is 9. The van der Waals surface area contributed by atoms with E-state index in [2.05, 4.69) is 56.8 Å². The highest BCUT2D eigenvalue weighted by atomic mass is 16.6. The number of anilines is 1. The number of hydrogen-bond donors (Lipinski definition) is 10. The van der Waals surface area contributed by atoms with E-state index >= 15 is 0 Å². The van der Waals surface area contributed by atoms with E-state index in [4.69, 9.17) is 39.9 Å². The van der Waals surface area contributed by atoms with Crippen LogP contribution in [0.4, 0.5) is 15.3 Å². The molecule has 0 aliphatic carbocycles. The Labute approximate surface area is 505 Å². The first-order valence-electron chi connectivity index (χ1n) is 28.4. The maximum atomic E-state index is 13.9. The van der Waals surface area contributed by atoms with E-state index < -0.39 is 72.2 Å². The maximum Gasteiger partial charge on any atom is 0.407 e. The average Bonchev–Trinajstić information content (AvgIpc) is 4.22. The summed E-state index contributed by atoms with van der Waals surface area (Å²) in [4.78, 5) is 135. The van der Waals surface area contributed by atoms with Crippen LogP contribution in [0.5, 0.6) is 5.88 Å². The lowest BCUT2D eigenvalue weighted by Crippen LogP contribution is -2.58. The largest absolute Gasteiger partial charge is 0.481 e. The maximum absolute atomic E-state index is 13.9. The number of nitrogens with zero attached hydrogens (tertiary/aromatic N) is 5. The number of nitrogens with two attached hydrogens (primary N) is 2. The Balaban J connectivity index is 0.908. The number of carboxylic acids is 1. The number of alkyl carbamates (subject to hydrolysis) is 1. The SMILES string of the molecule is CC(C)[C@H](NC(=O)[C@H](CCC(=O)O)NC(=O)CCOCCOCCOCCOCCN1C(=O)C=CC1=O)C(=O)N[C@@H](CCCNC(N)=O)C(=O)Nc1ccc(COC(=O)NCCOc2cnc3ccc(-c4nc(CN)[nH]c4-c4ccccn4)cc3n2)cc1. The van der Waals surface area contributed by atoms with Crippen LogP contribution in [0.25, 0.3) is 33.7 Å². The number of imidazole rings is 1. The molecule has 0 saturated heterocycles. The molecule has 12 N–H and O–H groups in total. The number of primary amides is 1. The molecule has 4 heterocycles. The van der Waals surface area contributed by atoms with Gasteiger partial charge in [-0.1, -0.05) is 38.1 Å². The molecule has 88 heavy (non-hydrogen) atoms. The lowest BCUT2D eigenvalue weighted by molar-refractivity contribution is -0.139. The van der Waals surface area contributed by atoms with Crippen molar-refractivity contribution in [3.63, 3.8) is 0 Å². The van der Waals surface area contributed by atoms with Crippen LogP contribution >= 0.6 is 0 Å². The van der Waals surface area contributed by atoms with Crippen molar-refractivity contribution in [2.45, 2.75) is 77.2 Å². The van der Waals surface area contributed by atoms with Gasteiger partial charge in [-0.15, -0.1) is 0 Å². The topological polar surface area (TPSA) is 424 Å². The Kier molecular flexibility index (Phi) is 27.5. The number of rotatable bonds is 39. The number of aromatic amines is 1. The molecule has 1 aliphatic heterocycles. The third-order valence-corrected chi connectivity index (χ3v) is 13.0. The molecule has 0 spiro atoms. The third-order valence-electron chi connectivity index (χ3n) is 13.0. The Hall–Kier alpha value is -9.49. The molecule has 3 atom stereocenters. The molecule has 0 radical (unpaired) electrons. The van der Waals surface area contributed by atoms with E-state index in [-0.39, 0.29) is 136 Å². The molecule has 30 heteroatoms. The summed E-state index contributed by atoms with van der Waals surface area (Å²) in [6, 6.07) is 12.9. The van der Waals surface area contributed by atoms with Gasteiger partial charge in [0.15, 0.2) is 0 Å². The van der Waals surface area contributed by atoms with Crippen molar-refractivity contribution in [1.29, 1.82) is 0 Å². The number of carbonyl (C=O) groups excluding carboxylic acids is 8. The molecule has 0 fully saturated rings. The summed E-state index contributed by atoms with van der Waals surface area (Å²) in [6.07, 6.45) is 4.09. The van der Waals surface area contributed by atoms with Gasteiger partial charge in [0.05, 0.1) is 107 Å². The van der Waals surface area contributed by atoms with E-state index in [1.54, 1.807) is 44.3 Å². The van der Waals surface area contributed by atoms with Crippen LogP contribution in [-0.2, 0) is 70.4 Å². The Morgan fingerprint density at radius 3 is 2.06 bits per heavy atom. The molecule has 1 aliphatic rings. The van der Waals surface area contributed by atoms with Crippen LogP contribution in [0.3, 0.4) is 0 Å². The zero-order chi connectivity index (χ0) is 63.2. The number of pyridine rings is 1. The molecular formula is C58H74N14O16. The molecule has 5 aromatic rings. The average molecular weight is 1220 g/mol. The molecule has 9 amide bonds. The summed E-state index contributed by atoms with van der Waals surface area (Å²) in [5.41, 5.74) is 16.0. The normalized spacial score (nSPS) is 13.0. The monoisotopic (exact) mass is 1220 g/mol. The first-order valence-corrected chi connectivity index (χ1v) is 28.4. The number of aromatic nitrogens is 5. The van der Waals surface area contributed by atoms with Gasteiger partial charge in [-0.25, -0.2) is 24.5 Å². The molecule has 0 saturated carbocycles. The van der Waals surface area contributed by atoms with Gasteiger partial charge < -0.3 is 81.9 Å². The van der Waals surface area contributed by atoms with Gasteiger partial charge in [0.25, 0.3) is 11.8 Å². The van der Waals surface area contributed by atoms with Crippen molar-refractivity contribution in [2.24, 2.45) is 17.4 Å². The molecule has 472 valence electrons. The van der Waals surface area contributed by atoms with Crippen LogP contribution in [0.2, 0.25) is 0 Å². The highest BCUT2D eigenvalue weighted by molar-refractivity contribution is 6.12. The van der Waals surface area contributed by atoms with Crippen molar-refractivity contribution in [1.82, 2.24) is 56.4 Å². The fourth-order valence-electron chi connectivity index (χ4n) is 8.43. The summed E-state index contributed by atoms with van der Waals surface area (Å²) in [7, 11) is 0. The number of H-pyrrole nitrogens is 1. The van der Waals surface area contributed by atoms with E-state index in [0.717, 1.165) is 10.5 Å². The van der Waals surface area contributed by atoms with Gasteiger partial charge in [0.1, 0.15) is 37.2 Å². The van der Waals surface area contributed by atoms with E-state index in [1.807, 2.05) is 36.4 Å². The number of imide groups is 1. The van der Waals surface area contributed by atoms with Crippen LogP contribution in [0.1, 0.15) is 57.3 Å². The predicted molar refractivity (Wildman–Crippen MR) is 315 cm³/mol. The number of fused-ring (bicyclic) bond motifs is 1. The number of carboxylic acid groups (broad SMARTS) is 1. The summed E-state index contributed by atoms with van der Waals surface area (Å²) in [5.74, 6) is -4.58.